The van der Waals surface area contributed by atoms with Crippen molar-refractivity contribution in [2.24, 2.45) is 17.1 Å². The van der Waals surface area contributed by atoms with E-state index >= 15 is 0 Å². The maximum absolute atomic E-state index is 6.50. The summed E-state index contributed by atoms with van der Waals surface area (Å²) >= 11 is 0. The summed E-state index contributed by atoms with van der Waals surface area (Å²) in [4.78, 5) is 0. The Morgan fingerprint density at radius 1 is 1.17 bits per heavy atom. The van der Waals surface area contributed by atoms with Gasteiger partial charge in [-0.1, -0.05) is 34.1 Å². The van der Waals surface area contributed by atoms with Gasteiger partial charge in [0.1, 0.15) is 0 Å². The Balaban J connectivity index is 2.23. The highest BCUT2D eigenvalue weighted by Gasteiger charge is 2.35. The normalized spacial score (nSPS) is 29.5. The molecule has 1 aliphatic rings. The molecule has 0 spiro atoms. The van der Waals surface area contributed by atoms with Crippen LogP contribution in [0.15, 0.2) is 0 Å². The van der Waals surface area contributed by atoms with Crippen molar-refractivity contribution in [3.8, 4) is 0 Å². The molecule has 0 heterocycles. The van der Waals surface area contributed by atoms with Crippen LogP contribution in [0.2, 0.25) is 0 Å². The second-order valence-corrected chi connectivity index (χ2v) is 7.22. The molecule has 0 aliphatic heterocycles. The number of unbranched alkanes of at least 4 members (excludes halogenated alkanes) is 1. The van der Waals surface area contributed by atoms with Gasteiger partial charge in [-0.15, -0.1) is 0 Å². The Morgan fingerprint density at radius 3 is 2.28 bits per heavy atom. The lowest BCUT2D eigenvalue weighted by Gasteiger charge is -2.42. The zero-order valence-electron chi connectivity index (χ0n) is 12.9. The molecule has 2 N–H and O–H groups in total. The summed E-state index contributed by atoms with van der Waals surface area (Å²) in [6, 6.07) is 0. The lowest BCUT2D eigenvalue weighted by Crippen LogP contribution is -2.45. The molecule has 1 aliphatic carbocycles. The Morgan fingerprint density at radius 2 is 1.78 bits per heavy atom. The average Bonchev–Trinajstić information content (AvgIpc) is 2.28. The summed E-state index contributed by atoms with van der Waals surface area (Å²) in [6.45, 7) is 11.0. The maximum atomic E-state index is 6.50. The third-order valence-electron chi connectivity index (χ3n) is 4.59. The summed E-state index contributed by atoms with van der Waals surface area (Å²) < 4.78 is 5.66. The molecule has 0 amide bonds. The van der Waals surface area contributed by atoms with Crippen LogP contribution in [-0.2, 0) is 4.74 Å². The molecular formula is C16H33NO. The molecule has 1 fully saturated rings. The van der Waals surface area contributed by atoms with E-state index in [-0.39, 0.29) is 5.54 Å². The van der Waals surface area contributed by atoms with Gasteiger partial charge in [-0.25, -0.2) is 0 Å². The van der Waals surface area contributed by atoms with E-state index < -0.39 is 0 Å². The Labute approximate surface area is 114 Å². The smallest absolute Gasteiger partial charge is 0.0483 e. The van der Waals surface area contributed by atoms with Gasteiger partial charge < -0.3 is 10.5 Å². The first kappa shape index (κ1) is 16.0. The highest BCUT2D eigenvalue weighted by Crippen LogP contribution is 2.41. The number of hydrogen-bond donors (Lipinski definition) is 1. The molecule has 0 atom stereocenters. The van der Waals surface area contributed by atoms with E-state index in [1.54, 1.807) is 0 Å². The van der Waals surface area contributed by atoms with Crippen LogP contribution in [-0.4, -0.2) is 18.8 Å². The first-order valence-electron chi connectivity index (χ1n) is 7.74. The molecule has 0 bridgehead atoms. The molecular weight excluding hydrogens is 222 g/mol. The van der Waals surface area contributed by atoms with E-state index in [0.29, 0.717) is 5.41 Å². The highest BCUT2D eigenvalue weighted by atomic mass is 16.5. The van der Waals surface area contributed by atoms with Crippen LogP contribution in [0.1, 0.15) is 72.6 Å². The summed E-state index contributed by atoms with van der Waals surface area (Å²) in [7, 11) is 0. The molecule has 2 nitrogen and oxygen atoms in total. The Bertz CT molecular complexity index is 224. The molecule has 2 heteroatoms. The molecule has 0 radical (unpaired) electrons. The van der Waals surface area contributed by atoms with Crippen LogP contribution in [0.3, 0.4) is 0 Å². The molecule has 18 heavy (non-hydrogen) atoms. The molecule has 0 aromatic carbocycles. The molecule has 108 valence electrons. The number of hydrogen-bond acceptors (Lipinski definition) is 2. The van der Waals surface area contributed by atoms with E-state index in [4.69, 9.17) is 10.5 Å². The van der Waals surface area contributed by atoms with Crippen LogP contribution < -0.4 is 5.73 Å². The van der Waals surface area contributed by atoms with Crippen molar-refractivity contribution < 1.29 is 4.74 Å². The summed E-state index contributed by atoms with van der Waals surface area (Å²) in [5.74, 6) is 0.843. The maximum Gasteiger partial charge on any atom is 0.0483 e. The predicted octanol–water partition coefficient (Wildman–Crippen LogP) is 4.13. The summed E-state index contributed by atoms with van der Waals surface area (Å²) in [5.41, 5.74) is 6.99. The lowest BCUT2D eigenvalue weighted by atomic mass is 9.67. The minimum absolute atomic E-state index is 0.0496. The number of nitrogens with two attached hydrogens (primary N) is 1. The van der Waals surface area contributed by atoms with Crippen molar-refractivity contribution in [1.29, 1.82) is 0 Å². The monoisotopic (exact) mass is 255 g/mol. The second kappa shape index (κ2) is 6.91. The molecule has 0 aromatic heterocycles. The van der Waals surface area contributed by atoms with Gasteiger partial charge in [-0.2, -0.15) is 0 Å². The fraction of sp³-hybridized carbons (Fsp3) is 1.00. The largest absolute Gasteiger partial charge is 0.381 e. The molecule has 0 aromatic rings. The number of ether oxygens (including phenoxy) is 1. The predicted molar refractivity (Wildman–Crippen MR) is 78.7 cm³/mol. The van der Waals surface area contributed by atoms with E-state index in [1.165, 1.54) is 38.5 Å². The van der Waals surface area contributed by atoms with Crippen LogP contribution in [0.4, 0.5) is 0 Å². The number of rotatable bonds is 6. The van der Waals surface area contributed by atoms with Crippen molar-refractivity contribution >= 4 is 0 Å². The third kappa shape index (κ3) is 5.27. The fourth-order valence-electron chi connectivity index (χ4n) is 2.93. The second-order valence-electron chi connectivity index (χ2n) is 7.22. The van der Waals surface area contributed by atoms with Crippen LogP contribution >= 0.6 is 0 Å². The lowest BCUT2D eigenvalue weighted by molar-refractivity contribution is 0.0817. The average molecular weight is 255 g/mol. The van der Waals surface area contributed by atoms with Gasteiger partial charge in [0.05, 0.1) is 0 Å². The van der Waals surface area contributed by atoms with Crippen molar-refractivity contribution in [3.05, 3.63) is 0 Å². The van der Waals surface area contributed by atoms with Crippen molar-refractivity contribution in [2.75, 3.05) is 13.2 Å². The topological polar surface area (TPSA) is 35.2 Å². The molecule has 1 rings (SSSR count). The summed E-state index contributed by atoms with van der Waals surface area (Å²) in [6.07, 6.45) is 8.33. The van der Waals surface area contributed by atoms with Gasteiger partial charge in [0.2, 0.25) is 0 Å². The SMILES string of the molecule is CCCCOCCC1(N)CCC(C(C)(C)C)CC1. The van der Waals surface area contributed by atoms with Crippen molar-refractivity contribution in [3.63, 3.8) is 0 Å². The van der Waals surface area contributed by atoms with E-state index in [0.717, 1.165) is 25.6 Å². The van der Waals surface area contributed by atoms with Gasteiger partial charge >= 0.3 is 0 Å². The van der Waals surface area contributed by atoms with Crippen LogP contribution in [0.5, 0.6) is 0 Å². The molecule has 0 unspecified atom stereocenters. The van der Waals surface area contributed by atoms with Gasteiger partial charge in [-0.05, 0) is 49.9 Å². The Hall–Kier alpha value is -0.0800. The first-order chi connectivity index (χ1) is 8.37. The fourth-order valence-corrected chi connectivity index (χ4v) is 2.93. The molecule has 0 saturated heterocycles. The minimum Gasteiger partial charge on any atom is -0.381 e. The first-order valence-corrected chi connectivity index (χ1v) is 7.74. The van der Waals surface area contributed by atoms with E-state index in [1.807, 2.05) is 0 Å². The van der Waals surface area contributed by atoms with Gasteiger partial charge in [0, 0.05) is 18.8 Å². The van der Waals surface area contributed by atoms with Gasteiger partial charge in [0.15, 0.2) is 0 Å². The van der Waals surface area contributed by atoms with Crippen molar-refractivity contribution in [2.45, 2.75) is 78.2 Å². The van der Waals surface area contributed by atoms with Crippen molar-refractivity contribution in [1.82, 2.24) is 0 Å². The van der Waals surface area contributed by atoms with E-state index in [2.05, 4.69) is 27.7 Å². The standard InChI is InChI=1S/C16H33NO/c1-5-6-12-18-13-11-16(17)9-7-14(8-10-16)15(2,3)4/h14H,5-13,17H2,1-4H3. The van der Waals surface area contributed by atoms with Crippen LogP contribution in [0.25, 0.3) is 0 Å². The summed E-state index contributed by atoms with van der Waals surface area (Å²) in [5, 5.41) is 0. The van der Waals surface area contributed by atoms with Gasteiger partial charge in [-0.3, -0.25) is 0 Å². The third-order valence-corrected chi connectivity index (χ3v) is 4.59. The minimum atomic E-state index is 0.0496. The van der Waals surface area contributed by atoms with E-state index in [9.17, 15) is 0 Å². The van der Waals surface area contributed by atoms with Gasteiger partial charge in [0.25, 0.3) is 0 Å². The highest BCUT2D eigenvalue weighted by molar-refractivity contribution is 4.92. The molecule has 1 saturated carbocycles. The zero-order valence-corrected chi connectivity index (χ0v) is 12.9. The zero-order chi connectivity index (χ0) is 13.6. The Kier molecular flexibility index (Phi) is 6.13. The van der Waals surface area contributed by atoms with Crippen LogP contribution in [0, 0.1) is 11.3 Å². The quantitative estimate of drug-likeness (QED) is 0.724.